The van der Waals surface area contributed by atoms with E-state index in [1.165, 1.54) is 7.11 Å². The van der Waals surface area contributed by atoms with E-state index in [-0.39, 0.29) is 0 Å². The first-order chi connectivity index (χ1) is 8.29. The molecule has 1 aliphatic heterocycles. The van der Waals surface area contributed by atoms with Crippen LogP contribution in [0.2, 0.25) is 0 Å². The average Bonchev–Trinajstić information content (AvgIpc) is 2.26. The van der Waals surface area contributed by atoms with E-state index >= 15 is 0 Å². The third-order valence-electron chi connectivity index (χ3n) is 2.70. The zero-order chi connectivity index (χ0) is 13.8. The molecule has 1 heterocycles. The van der Waals surface area contributed by atoms with E-state index in [4.69, 9.17) is 9.47 Å². The van der Waals surface area contributed by atoms with Crippen LogP contribution in [0.5, 0.6) is 0 Å². The highest BCUT2D eigenvalue weighted by atomic mass is 16.6. The zero-order valence-electron chi connectivity index (χ0n) is 11.5. The van der Waals surface area contributed by atoms with Gasteiger partial charge < -0.3 is 20.1 Å². The van der Waals surface area contributed by atoms with E-state index in [2.05, 4.69) is 10.6 Å². The maximum Gasteiger partial charge on any atom is 0.408 e. The molecule has 0 aromatic heterocycles. The number of hydrogen-bond acceptors (Lipinski definition) is 5. The number of carbonyl (C=O) groups excluding carboxylic acids is 2. The van der Waals surface area contributed by atoms with Gasteiger partial charge in [-0.25, -0.2) is 9.59 Å². The van der Waals surface area contributed by atoms with E-state index in [1.54, 1.807) is 20.8 Å². The summed E-state index contributed by atoms with van der Waals surface area (Å²) in [4.78, 5) is 23.6. The number of esters is 1. The number of nitrogens with one attached hydrogen (secondary N) is 2. The van der Waals surface area contributed by atoms with Crippen LogP contribution in [0.4, 0.5) is 4.79 Å². The van der Waals surface area contributed by atoms with Gasteiger partial charge in [0.15, 0.2) is 5.54 Å². The van der Waals surface area contributed by atoms with Crippen LogP contribution < -0.4 is 10.6 Å². The smallest absolute Gasteiger partial charge is 0.408 e. The van der Waals surface area contributed by atoms with Crippen molar-refractivity contribution in [1.82, 2.24) is 10.6 Å². The highest BCUT2D eigenvalue weighted by molar-refractivity contribution is 5.86. The third-order valence-corrected chi connectivity index (χ3v) is 2.70. The molecule has 0 aromatic rings. The van der Waals surface area contributed by atoms with Gasteiger partial charge in [0.2, 0.25) is 0 Å². The number of ether oxygens (including phenoxy) is 2. The van der Waals surface area contributed by atoms with Gasteiger partial charge in [0.1, 0.15) is 5.60 Å². The molecule has 0 aliphatic carbocycles. The standard InChI is InChI=1S/C12H22N2O4/c1-11(2,3)18-10(16)14-12(9(15)17-4)6-5-7-13-8-12/h13H,5-8H2,1-4H3,(H,14,16). The third kappa shape index (κ3) is 3.87. The molecule has 104 valence electrons. The van der Waals surface area contributed by atoms with Crippen LogP contribution in [0.3, 0.4) is 0 Å². The molecule has 1 amide bonds. The lowest BCUT2D eigenvalue weighted by atomic mass is 9.90. The fourth-order valence-corrected chi connectivity index (χ4v) is 1.93. The van der Waals surface area contributed by atoms with E-state index in [0.29, 0.717) is 13.0 Å². The molecule has 0 radical (unpaired) electrons. The van der Waals surface area contributed by atoms with Crippen LogP contribution in [0.25, 0.3) is 0 Å². The minimum Gasteiger partial charge on any atom is -0.467 e. The Morgan fingerprint density at radius 3 is 2.44 bits per heavy atom. The van der Waals surface area contributed by atoms with Gasteiger partial charge in [0, 0.05) is 6.54 Å². The molecule has 6 nitrogen and oxygen atoms in total. The SMILES string of the molecule is COC(=O)C1(NC(=O)OC(C)(C)C)CCCNC1. The fourth-order valence-electron chi connectivity index (χ4n) is 1.93. The second kappa shape index (κ2) is 5.56. The van der Waals surface area contributed by atoms with Crippen molar-refractivity contribution in [2.24, 2.45) is 0 Å². The molecule has 1 fully saturated rings. The summed E-state index contributed by atoms with van der Waals surface area (Å²) in [5.41, 5.74) is -1.61. The van der Waals surface area contributed by atoms with Crippen LogP contribution in [0.15, 0.2) is 0 Å². The van der Waals surface area contributed by atoms with Gasteiger partial charge in [-0.2, -0.15) is 0 Å². The van der Waals surface area contributed by atoms with Gasteiger partial charge in [0.25, 0.3) is 0 Å². The summed E-state index contributed by atoms with van der Waals surface area (Å²) in [5.74, 6) is -0.444. The lowest BCUT2D eigenvalue weighted by Crippen LogP contribution is -2.63. The van der Waals surface area contributed by atoms with Gasteiger partial charge in [-0.3, -0.25) is 0 Å². The van der Waals surface area contributed by atoms with Crippen LogP contribution in [-0.4, -0.2) is 43.4 Å². The Labute approximate surface area is 107 Å². The van der Waals surface area contributed by atoms with Crippen molar-refractivity contribution in [3.05, 3.63) is 0 Å². The molecule has 1 rings (SSSR count). The van der Waals surface area contributed by atoms with Crippen molar-refractivity contribution in [3.8, 4) is 0 Å². The Bertz CT molecular complexity index is 317. The van der Waals surface area contributed by atoms with E-state index in [9.17, 15) is 9.59 Å². The molecule has 2 N–H and O–H groups in total. The predicted octanol–water partition coefficient (Wildman–Crippen LogP) is 0.806. The maximum atomic E-state index is 11.9. The fraction of sp³-hybridized carbons (Fsp3) is 0.833. The average molecular weight is 258 g/mol. The van der Waals surface area contributed by atoms with Gasteiger partial charge >= 0.3 is 12.1 Å². The summed E-state index contributed by atoms with van der Waals surface area (Å²) in [5, 5.41) is 5.73. The first-order valence-electron chi connectivity index (χ1n) is 6.09. The Balaban J connectivity index is 2.73. The van der Waals surface area contributed by atoms with Crippen molar-refractivity contribution in [1.29, 1.82) is 0 Å². The first kappa shape index (κ1) is 14.8. The molecule has 18 heavy (non-hydrogen) atoms. The lowest BCUT2D eigenvalue weighted by molar-refractivity contribution is -0.149. The zero-order valence-corrected chi connectivity index (χ0v) is 11.5. The van der Waals surface area contributed by atoms with Gasteiger partial charge in [0.05, 0.1) is 7.11 Å². The Morgan fingerprint density at radius 2 is 2.00 bits per heavy atom. The summed E-state index contributed by atoms with van der Waals surface area (Å²) in [6.45, 7) is 6.51. The number of piperidine rings is 1. The predicted molar refractivity (Wildman–Crippen MR) is 66.2 cm³/mol. The van der Waals surface area contributed by atoms with Gasteiger partial charge in [-0.05, 0) is 40.2 Å². The normalized spacial score (nSPS) is 24.2. The summed E-state index contributed by atoms with van der Waals surface area (Å²) in [6, 6.07) is 0. The number of alkyl carbamates (subject to hydrolysis) is 1. The summed E-state index contributed by atoms with van der Waals surface area (Å²) >= 11 is 0. The lowest BCUT2D eigenvalue weighted by Gasteiger charge is -2.36. The largest absolute Gasteiger partial charge is 0.467 e. The van der Waals surface area contributed by atoms with Gasteiger partial charge in [-0.1, -0.05) is 0 Å². The molecule has 0 spiro atoms. The van der Waals surface area contributed by atoms with Crippen LogP contribution >= 0.6 is 0 Å². The monoisotopic (exact) mass is 258 g/mol. The summed E-state index contributed by atoms with van der Waals surface area (Å²) < 4.78 is 9.95. The van der Waals surface area contributed by atoms with E-state index < -0.39 is 23.2 Å². The second-order valence-electron chi connectivity index (χ2n) is 5.48. The molecular weight excluding hydrogens is 236 g/mol. The summed E-state index contributed by atoms with van der Waals surface area (Å²) in [7, 11) is 1.31. The van der Waals surface area contributed by atoms with E-state index in [1.807, 2.05) is 0 Å². The maximum absolute atomic E-state index is 11.9. The minimum absolute atomic E-state index is 0.360. The Hall–Kier alpha value is -1.30. The molecule has 0 bridgehead atoms. The number of hydrogen-bond donors (Lipinski definition) is 2. The molecular formula is C12H22N2O4. The molecule has 1 unspecified atom stereocenters. The second-order valence-corrected chi connectivity index (χ2v) is 5.48. The number of amides is 1. The van der Waals surface area contributed by atoms with Crippen LogP contribution in [-0.2, 0) is 14.3 Å². The minimum atomic E-state index is -1.02. The van der Waals surface area contributed by atoms with Gasteiger partial charge in [-0.15, -0.1) is 0 Å². The molecule has 1 atom stereocenters. The van der Waals surface area contributed by atoms with Crippen molar-refractivity contribution in [3.63, 3.8) is 0 Å². The van der Waals surface area contributed by atoms with E-state index in [0.717, 1.165) is 13.0 Å². The van der Waals surface area contributed by atoms with Crippen LogP contribution in [0, 0.1) is 0 Å². The van der Waals surface area contributed by atoms with Crippen molar-refractivity contribution in [2.75, 3.05) is 20.2 Å². The Kier molecular flexibility index (Phi) is 4.56. The molecule has 0 saturated carbocycles. The summed E-state index contributed by atoms with van der Waals surface area (Å²) in [6.07, 6.45) is 0.744. The van der Waals surface area contributed by atoms with Crippen molar-refractivity contribution >= 4 is 12.1 Å². The quantitative estimate of drug-likeness (QED) is 0.717. The highest BCUT2D eigenvalue weighted by Crippen LogP contribution is 2.19. The number of methoxy groups -OCH3 is 1. The topological polar surface area (TPSA) is 76.7 Å². The first-order valence-corrected chi connectivity index (χ1v) is 6.09. The molecule has 0 aromatic carbocycles. The molecule has 1 saturated heterocycles. The molecule has 1 aliphatic rings. The van der Waals surface area contributed by atoms with Crippen LogP contribution in [0.1, 0.15) is 33.6 Å². The Morgan fingerprint density at radius 1 is 1.33 bits per heavy atom. The van der Waals surface area contributed by atoms with Crippen molar-refractivity contribution < 1.29 is 19.1 Å². The number of rotatable bonds is 2. The highest BCUT2D eigenvalue weighted by Gasteiger charge is 2.43. The van der Waals surface area contributed by atoms with Crippen molar-refractivity contribution in [2.45, 2.75) is 44.8 Å². The molecule has 6 heteroatoms. The number of carbonyl (C=O) groups is 2.